The Morgan fingerprint density at radius 3 is 2.23 bits per heavy atom. The zero-order valence-corrected chi connectivity index (χ0v) is 29.9. The van der Waals surface area contributed by atoms with Gasteiger partial charge in [0.1, 0.15) is 18.2 Å². The number of carboxylic acids is 2. The first kappa shape index (κ1) is 38.6. The first-order valence-corrected chi connectivity index (χ1v) is 18.1. The first-order chi connectivity index (χ1) is 25.5. The summed E-state index contributed by atoms with van der Waals surface area (Å²) in [6.45, 7) is 1.74. The van der Waals surface area contributed by atoms with Crippen molar-refractivity contribution in [1.82, 2.24) is 20.5 Å². The maximum atomic E-state index is 14.4. The van der Waals surface area contributed by atoms with Crippen molar-refractivity contribution >= 4 is 41.3 Å². The van der Waals surface area contributed by atoms with Crippen molar-refractivity contribution in [2.45, 2.75) is 95.8 Å². The molecule has 3 unspecified atom stereocenters. The number of carboxylic acid groups (broad SMARTS) is 2. The van der Waals surface area contributed by atoms with Crippen LogP contribution in [0.25, 0.3) is 0 Å². The highest BCUT2D eigenvalue weighted by Gasteiger charge is 2.48. The fraction of sp³-hybridized carbons (Fsp3) is 0.425. The number of aliphatic carboxylic acids is 2. The number of benzene rings is 2. The summed E-state index contributed by atoms with van der Waals surface area (Å²) in [7, 11) is 0. The van der Waals surface area contributed by atoms with Crippen molar-refractivity contribution in [2.75, 3.05) is 11.4 Å². The minimum absolute atomic E-state index is 0.00204. The van der Waals surface area contributed by atoms with Gasteiger partial charge in [0.15, 0.2) is 0 Å². The van der Waals surface area contributed by atoms with Crippen LogP contribution in [0.5, 0.6) is 0 Å². The Balaban J connectivity index is 1.40. The van der Waals surface area contributed by atoms with Crippen LogP contribution >= 0.6 is 0 Å². The number of carbonyl (C=O) groups excluding carboxylic acids is 4. The molecule has 280 valence electrons. The highest BCUT2D eigenvalue weighted by Crippen LogP contribution is 2.41. The van der Waals surface area contributed by atoms with Gasteiger partial charge in [0.25, 0.3) is 5.91 Å². The molecule has 1 saturated heterocycles. The Bertz CT molecular complexity index is 1760. The zero-order valence-electron chi connectivity index (χ0n) is 29.9. The molecule has 1 saturated carbocycles. The van der Waals surface area contributed by atoms with Gasteiger partial charge in [0.05, 0.1) is 11.8 Å². The normalized spacial score (nSPS) is 18.4. The number of hydrogen-bond donors (Lipinski definition) is 4. The van der Waals surface area contributed by atoms with Gasteiger partial charge in [-0.15, -0.1) is 0 Å². The number of hydrogen-bond acceptors (Lipinski definition) is 7. The zero-order chi connectivity index (χ0) is 38.0. The van der Waals surface area contributed by atoms with Crippen LogP contribution in [-0.2, 0) is 48.0 Å². The SMILES string of the molecule is CC(=O)NCCC1(C(=O)NC(Cc2ccc(N3C(=O)C(Cc4cccnc4)N(C(=O)CCC(=O)O)C3CCc3ccccc3)cc2)C(=O)O)CCCC1. The second-order valence-electron chi connectivity index (χ2n) is 13.9. The van der Waals surface area contributed by atoms with Gasteiger partial charge in [-0.1, -0.05) is 61.4 Å². The number of aromatic nitrogens is 1. The Morgan fingerprint density at radius 2 is 1.60 bits per heavy atom. The van der Waals surface area contributed by atoms with E-state index < -0.39 is 41.5 Å². The number of rotatable bonds is 17. The third kappa shape index (κ3) is 9.85. The van der Waals surface area contributed by atoms with Crippen LogP contribution in [0.15, 0.2) is 79.1 Å². The van der Waals surface area contributed by atoms with E-state index in [1.807, 2.05) is 36.4 Å². The van der Waals surface area contributed by atoms with Gasteiger partial charge < -0.3 is 25.7 Å². The highest BCUT2D eigenvalue weighted by molar-refractivity contribution is 6.03. The van der Waals surface area contributed by atoms with E-state index in [2.05, 4.69) is 15.6 Å². The Morgan fingerprint density at radius 1 is 0.906 bits per heavy atom. The summed E-state index contributed by atoms with van der Waals surface area (Å²) in [5.74, 6) is -3.57. The maximum Gasteiger partial charge on any atom is 0.326 e. The number of amides is 4. The summed E-state index contributed by atoms with van der Waals surface area (Å²) in [5, 5.41) is 25.0. The third-order valence-corrected chi connectivity index (χ3v) is 10.3. The van der Waals surface area contributed by atoms with E-state index >= 15 is 0 Å². The molecule has 13 heteroatoms. The summed E-state index contributed by atoms with van der Waals surface area (Å²) in [6, 6.07) is 18.0. The lowest BCUT2D eigenvalue weighted by Crippen LogP contribution is -2.49. The number of aryl methyl sites for hydroxylation is 1. The molecule has 3 atom stereocenters. The van der Waals surface area contributed by atoms with Crippen molar-refractivity contribution in [3.8, 4) is 0 Å². The second kappa shape index (κ2) is 17.8. The smallest absolute Gasteiger partial charge is 0.326 e. The van der Waals surface area contributed by atoms with Crippen molar-refractivity contribution in [3.63, 3.8) is 0 Å². The molecular formula is C40H47N5O8. The number of pyridine rings is 1. The lowest BCUT2D eigenvalue weighted by molar-refractivity contribution is -0.144. The molecule has 4 N–H and O–H groups in total. The van der Waals surface area contributed by atoms with E-state index in [-0.39, 0.29) is 43.4 Å². The molecule has 0 bridgehead atoms. The van der Waals surface area contributed by atoms with E-state index in [0.717, 1.165) is 24.0 Å². The van der Waals surface area contributed by atoms with Gasteiger partial charge >= 0.3 is 11.9 Å². The lowest BCUT2D eigenvalue weighted by atomic mass is 9.81. The molecule has 1 aliphatic heterocycles. The second-order valence-corrected chi connectivity index (χ2v) is 13.9. The molecule has 1 aromatic heterocycles. The predicted molar refractivity (Wildman–Crippen MR) is 195 cm³/mol. The van der Waals surface area contributed by atoms with Crippen molar-refractivity contribution in [3.05, 3.63) is 95.8 Å². The van der Waals surface area contributed by atoms with E-state index in [4.69, 9.17) is 0 Å². The van der Waals surface area contributed by atoms with Gasteiger partial charge in [0, 0.05) is 50.8 Å². The highest BCUT2D eigenvalue weighted by atomic mass is 16.4. The molecule has 0 radical (unpaired) electrons. The van der Waals surface area contributed by atoms with Gasteiger partial charge in [-0.05, 0) is 67.0 Å². The molecule has 0 spiro atoms. The number of carbonyl (C=O) groups is 6. The van der Waals surface area contributed by atoms with E-state index in [9.17, 15) is 39.0 Å². The Labute approximate surface area is 308 Å². The van der Waals surface area contributed by atoms with Crippen LogP contribution < -0.4 is 15.5 Å². The van der Waals surface area contributed by atoms with Crippen molar-refractivity contribution in [1.29, 1.82) is 0 Å². The summed E-state index contributed by atoms with van der Waals surface area (Å²) in [6.07, 6.45) is 6.36. The summed E-state index contributed by atoms with van der Waals surface area (Å²) in [5.41, 5.74) is 2.14. The van der Waals surface area contributed by atoms with Gasteiger partial charge in [-0.25, -0.2) is 4.79 Å². The monoisotopic (exact) mass is 725 g/mol. The standard InChI is InChI=1S/C40H47N5O8/c1-27(46)42-23-21-40(19-5-6-20-40)39(53)43-32(38(51)52)24-29-11-14-31(15-12-29)44-34(16-13-28-8-3-2-4-9-28)45(35(47)17-18-36(48)49)33(37(44)50)25-30-10-7-22-41-26-30/h2-4,7-12,14-15,22,26,32-34H,5-6,13,16-21,23-25H2,1H3,(H,42,46)(H,43,53)(H,48,49)(H,51,52). The van der Waals surface area contributed by atoms with Crippen molar-refractivity contribution in [2.24, 2.45) is 5.41 Å². The molecule has 2 aliphatic rings. The topological polar surface area (TPSA) is 186 Å². The fourth-order valence-corrected chi connectivity index (χ4v) is 7.54. The number of nitrogens with zero attached hydrogens (tertiary/aromatic N) is 3. The summed E-state index contributed by atoms with van der Waals surface area (Å²) < 4.78 is 0. The molecule has 3 aromatic rings. The largest absolute Gasteiger partial charge is 0.481 e. The van der Waals surface area contributed by atoms with Crippen LogP contribution in [-0.4, -0.2) is 80.5 Å². The maximum absolute atomic E-state index is 14.4. The molecule has 2 fully saturated rings. The Hall–Kier alpha value is -5.59. The molecule has 4 amide bonds. The van der Waals surface area contributed by atoms with Crippen LogP contribution in [0.4, 0.5) is 5.69 Å². The molecule has 2 aromatic carbocycles. The fourth-order valence-electron chi connectivity index (χ4n) is 7.54. The number of anilines is 1. The van der Waals surface area contributed by atoms with E-state index in [1.165, 1.54) is 11.8 Å². The molecule has 2 heterocycles. The van der Waals surface area contributed by atoms with E-state index in [0.29, 0.717) is 49.9 Å². The average Bonchev–Trinajstić information content (AvgIpc) is 3.73. The molecule has 13 nitrogen and oxygen atoms in total. The van der Waals surface area contributed by atoms with Gasteiger partial charge in [0.2, 0.25) is 17.7 Å². The average molecular weight is 726 g/mol. The summed E-state index contributed by atoms with van der Waals surface area (Å²) in [4.78, 5) is 84.3. The van der Waals surface area contributed by atoms with Gasteiger partial charge in [-0.2, -0.15) is 0 Å². The molecule has 1 aliphatic carbocycles. The van der Waals surface area contributed by atoms with Crippen LogP contribution in [0.1, 0.15) is 75.0 Å². The first-order valence-electron chi connectivity index (χ1n) is 18.1. The summed E-state index contributed by atoms with van der Waals surface area (Å²) >= 11 is 0. The quantitative estimate of drug-likeness (QED) is 0.160. The molecular weight excluding hydrogens is 678 g/mol. The van der Waals surface area contributed by atoms with Crippen molar-refractivity contribution < 1.29 is 39.0 Å². The van der Waals surface area contributed by atoms with Crippen LogP contribution in [0.3, 0.4) is 0 Å². The van der Waals surface area contributed by atoms with Crippen LogP contribution in [0, 0.1) is 5.41 Å². The molecule has 5 rings (SSSR count). The predicted octanol–water partition coefficient (Wildman–Crippen LogP) is 3.89. The molecule has 53 heavy (non-hydrogen) atoms. The van der Waals surface area contributed by atoms with Gasteiger partial charge in [-0.3, -0.25) is 33.9 Å². The van der Waals surface area contributed by atoms with Crippen LogP contribution in [0.2, 0.25) is 0 Å². The Kier molecular flexibility index (Phi) is 12.9. The van der Waals surface area contributed by atoms with E-state index in [1.54, 1.807) is 47.6 Å². The lowest BCUT2D eigenvalue weighted by Gasteiger charge is -2.32. The minimum Gasteiger partial charge on any atom is -0.481 e. The minimum atomic E-state index is -1.20. The number of nitrogens with one attached hydrogen (secondary N) is 2. The third-order valence-electron chi connectivity index (χ3n) is 10.3.